The molecule has 2 aromatic rings. The van der Waals surface area contributed by atoms with E-state index in [2.05, 4.69) is 11.4 Å². The molecule has 1 amide bonds. The Kier molecular flexibility index (Phi) is 6.06. The first-order chi connectivity index (χ1) is 14.9. The molecule has 1 aliphatic heterocycles. The van der Waals surface area contributed by atoms with Gasteiger partial charge in [0.05, 0.1) is 4.92 Å². The summed E-state index contributed by atoms with van der Waals surface area (Å²) in [4.78, 5) is 23.1. The van der Waals surface area contributed by atoms with Crippen LogP contribution in [0.2, 0.25) is 0 Å². The maximum absolute atomic E-state index is 13.0. The van der Waals surface area contributed by atoms with Gasteiger partial charge < -0.3 is 5.32 Å². The van der Waals surface area contributed by atoms with Crippen molar-refractivity contribution in [2.24, 2.45) is 5.92 Å². The number of nitrogens with one attached hydrogen (secondary N) is 1. The third-order valence-electron chi connectivity index (χ3n) is 6.16. The highest BCUT2D eigenvalue weighted by Crippen LogP contribution is 2.31. The van der Waals surface area contributed by atoms with Gasteiger partial charge in [0.2, 0.25) is 15.9 Å². The van der Waals surface area contributed by atoms with Crippen molar-refractivity contribution >= 4 is 27.3 Å². The van der Waals surface area contributed by atoms with E-state index in [-0.39, 0.29) is 29.8 Å². The summed E-state index contributed by atoms with van der Waals surface area (Å²) >= 11 is 0. The Bertz CT molecular complexity index is 1110. The molecule has 1 fully saturated rings. The number of hydrogen-bond donors (Lipinski definition) is 1. The Morgan fingerprint density at radius 3 is 2.48 bits per heavy atom. The molecule has 1 aliphatic carbocycles. The van der Waals surface area contributed by atoms with Gasteiger partial charge in [0.25, 0.3) is 5.69 Å². The van der Waals surface area contributed by atoms with E-state index < -0.39 is 20.6 Å². The molecule has 1 N–H and O–H groups in total. The summed E-state index contributed by atoms with van der Waals surface area (Å²) in [5.74, 6) is -0.390. The van der Waals surface area contributed by atoms with Crippen molar-refractivity contribution < 1.29 is 18.1 Å². The molecule has 1 saturated heterocycles. The summed E-state index contributed by atoms with van der Waals surface area (Å²) in [5, 5.41) is 14.3. The minimum atomic E-state index is -4.00. The molecule has 0 bridgehead atoms. The lowest BCUT2D eigenvalue weighted by Gasteiger charge is -2.30. The molecule has 2 aromatic carbocycles. The van der Waals surface area contributed by atoms with Crippen molar-refractivity contribution in [3.05, 3.63) is 63.7 Å². The fraction of sp³-hybridized carbons (Fsp3) is 0.409. The maximum Gasteiger partial charge on any atom is 0.289 e. The van der Waals surface area contributed by atoms with Crippen LogP contribution in [0, 0.1) is 16.0 Å². The molecule has 2 aliphatic rings. The van der Waals surface area contributed by atoms with Crippen LogP contribution >= 0.6 is 0 Å². The van der Waals surface area contributed by atoms with Crippen LogP contribution in [0.25, 0.3) is 0 Å². The number of benzene rings is 2. The van der Waals surface area contributed by atoms with E-state index in [4.69, 9.17) is 0 Å². The monoisotopic (exact) mass is 443 g/mol. The zero-order valence-electron chi connectivity index (χ0n) is 17.1. The van der Waals surface area contributed by atoms with Crippen molar-refractivity contribution in [1.29, 1.82) is 0 Å². The molecule has 31 heavy (non-hydrogen) atoms. The summed E-state index contributed by atoms with van der Waals surface area (Å²) in [5.41, 5.74) is 2.92. The van der Waals surface area contributed by atoms with Crippen LogP contribution in [0.4, 0.5) is 11.4 Å². The van der Waals surface area contributed by atoms with Crippen LogP contribution in [0.3, 0.4) is 0 Å². The molecule has 9 heteroatoms. The van der Waals surface area contributed by atoms with E-state index >= 15 is 0 Å². The molecule has 1 heterocycles. The van der Waals surface area contributed by atoms with Crippen molar-refractivity contribution in [1.82, 2.24) is 4.31 Å². The first-order valence-electron chi connectivity index (χ1n) is 10.5. The normalized spacial score (nSPS) is 17.7. The van der Waals surface area contributed by atoms with Crippen LogP contribution in [-0.4, -0.2) is 36.6 Å². The van der Waals surface area contributed by atoms with E-state index in [9.17, 15) is 23.3 Å². The van der Waals surface area contributed by atoms with Crippen LogP contribution in [0.5, 0.6) is 0 Å². The zero-order chi connectivity index (χ0) is 22.0. The number of piperidine rings is 1. The predicted octanol–water partition coefficient (Wildman–Crippen LogP) is 3.51. The Morgan fingerprint density at radius 1 is 1.03 bits per heavy atom. The van der Waals surface area contributed by atoms with E-state index in [1.165, 1.54) is 39.7 Å². The van der Waals surface area contributed by atoms with Crippen molar-refractivity contribution in [3.8, 4) is 0 Å². The fourth-order valence-electron chi connectivity index (χ4n) is 4.46. The number of anilines is 1. The van der Waals surface area contributed by atoms with Gasteiger partial charge in [0.15, 0.2) is 4.90 Å². The van der Waals surface area contributed by atoms with Gasteiger partial charge >= 0.3 is 0 Å². The standard InChI is InChI=1S/C22H25N3O5S/c26-22(23-19-9-5-7-16-6-1-2-8-18(16)19)17-12-14-24(15-13-17)31(29,30)21-11-4-3-10-20(21)25(27)28/h3-5,7,9-11,17H,1-2,6,8,12-15H2,(H,23,26). The lowest BCUT2D eigenvalue weighted by atomic mass is 9.90. The van der Waals surface area contributed by atoms with Crippen molar-refractivity contribution in [2.45, 2.75) is 43.4 Å². The highest BCUT2D eigenvalue weighted by atomic mass is 32.2. The lowest BCUT2D eigenvalue weighted by Crippen LogP contribution is -2.41. The van der Waals surface area contributed by atoms with Gasteiger partial charge in [-0.25, -0.2) is 8.42 Å². The number of rotatable bonds is 5. The number of sulfonamides is 1. The average Bonchev–Trinajstić information content (AvgIpc) is 2.79. The molecule has 0 atom stereocenters. The quantitative estimate of drug-likeness (QED) is 0.562. The number of fused-ring (bicyclic) bond motifs is 1. The van der Waals surface area contributed by atoms with Crippen molar-refractivity contribution in [3.63, 3.8) is 0 Å². The van der Waals surface area contributed by atoms with Gasteiger partial charge in [-0.3, -0.25) is 14.9 Å². The maximum atomic E-state index is 13.0. The lowest BCUT2D eigenvalue weighted by molar-refractivity contribution is -0.387. The van der Waals surface area contributed by atoms with E-state index in [1.807, 2.05) is 12.1 Å². The largest absolute Gasteiger partial charge is 0.326 e. The smallest absolute Gasteiger partial charge is 0.289 e. The number of nitro benzene ring substituents is 1. The van der Waals surface area contributed by atoms with Crippen LogP contribution < -0.4 is 5.32 Å². The second kappa shape index (κ2) is 8.76. The molecule has 0 saturated carbocycles. The van der Waals surface area contributed by atoms with Gasteiger partial charge in [0.1, 0.15) is 0 Å². The first-order valence-corrected chi connectivity index (χ1v) is 12.0. The van der Waals surface area contributed by atoms with Crippen molar-refractivity contribution in [2.75, 3.05) is 18.4 Å². The molecular weight excluding hydrogens is 418 g/mol. The average molecular weight is 444 g/mol. The summed E-state index contributed by atoms with van der Waals surface area (Å²) < 4.78 is 27.2. The molecule has 164 valence electrons. The Balaban J connectivity index is 1.43. The SMILES string of the molecule is O=C(Nc1cccc2c1CCCC2)C1CCN(S(=O)(=O)c2ccccc2[N+](=O)[O-])CC1. The number of nitrogens with zero attached hydrogens (tertiary/aromatic N) is 2. The third-order valence-corrected chi connectivity index (χ3v) is 8.10. The first kappa shape index (κ1) is 21.5. The van der Waals surface area contributed by atoms with Gasteiger partial charge in [-0.1, -0.05) is 24.3 Å². The van der Waals surface area contributed by atoms with E-state index in [0.29, 0.717) is 12.8 Å². The zero-order valence-corrected chi connectivity index (χ0v) is 17.9. The molecular formula is C22H25N3O5S. The molecule has 8 nitrogen and oxygen atoms in total. The van der Waals surface area contributed by atoms with E-state index in [0.717, 1.165) is 31.4 Å². The van der Waals surface area contributed by atoms with Crippen LogP contribution in [-0.2, 0) is 27.7 Å². The summed E-state index contributed by atoms with van der Waals surface area (Å²) in [6.07, 6.45) is 5.01. The Hall–Kier alpha value is -2.78. The molecule has 0 spiro atoms. The molecule has 0 radical (unpaired) electrons. The fourth-order valence-corrected chi connectivity index (χ4v) is 6.08. The van der Waals surface area contributed by atoms with Gasteiger partial charge in [-0.05, 0) is 61.8 Å². The molecule has 4 rings (SSSR count). The van der Waals surface area contributed by atoms with Gasteiger partial charge in [-0.15, -0.1) is 0 Å². The van der Waals surface area contributed by atoms with Gasteiger partial charge in [-0.2, -0.15) is 4.31 Å². The minimum Gasteiger partial charge on any atom is -0.326 e. The minimum absolute atomic E-state index is 0.0956. The second-order valence-electron chi connectivity index (χ2n) is 8.04. The number of carbonyl (C=O) groups excluding carboxylic acids is 1. The summed E-state index contributed by atoms with van der Waals surface area (Å²) in [6, 6.07) is 11.4. The summed E-state index contributed by atoms with van der Waals surface area (Å²) in [6.45, 7) is 0.304. The summed E-state index contributed by atoms with van der Waals surface area (Å²) in [7, 11) is -4.00. The van der Waals surface area contributed by atoms with E-state index in [1.54, 1.807) is 0 Å². The Morgan fingerprint density at radius 2 is 1.74 bits per heavy atom. The number of hydrogen-bond acceptors (Lipinski definition) is 5. The highest BCUT2D eigenvalue weighted by molar-refractivity contribution is 7.89. The number of nitro groups is 1. The Labute approximate surface area is 181 Å². The number of aryl methyl sites for hydroxylation is 1. The molecule has 0 aromatic heterocycles. The van der Waals surface area contributed by atoms with Gasteiger partial charge in [0, 0.05) is 30.8 Å². The number of para-hydroxylation sites is 1. The number of amides is 1. The topological polar surface area (TPSA) is 110 Å². The second-order valence-corrected chi connectivity index (χ2v) is 9.95. The van der Waals surface area contributed by atoms with Crippen LogP contribution in [0.15, 0.2) is 47.4 Å². The number of carbonyl (C=O) groups is 1. The highest BCUT2D eigenvalue weighted by Gasteiger charge is 2.35. The third kappa shape index (κ3) is 4.33. The van der Waals surface area contributed by atoms with Crippen LogP contribution in [0.1, 0.15) is 36.8 Å². The predicted molar refractivity (Wildman–Crippen MR) is 116 cm³/mol. The molecule has 0 unspecified atom stereocenters.